The number of rotatable bonds is 4. The first-order valence-electron chi connectivity index (χ1n) is 8.25. The van der Waals surface area contributed by atoms with Crippen molar-refractivity contribution in [2.24, 2.45) is 0 Å². The van der Waals surface area contributed by atoms with Crippen molar-refractivity contribution in [3.05, 3.63) is 65.6 Å². The van der Waals surface area contributed by atoms with Gasteiger partial charge in [0.25, 0.3) is 0 Å². The summed E-state index contributed by atoms with van der Waals surface area (Å²) in [4.78, 5) is 20.9. The first kappa shape index (κ1) is 16.4. The highest BCUT2D eigenvalue weighted by molar-refractivity contribution is 6.29. The Morgan fingerprint density at radius 3 is 2.65 bits per heavy atom. The Balaban J connectivity index is 2.14. The van der Waals surface area contributed by atoms with Gasteiger partial charge in [0, 0.05) is 34.8 Å². The minimum Gasteiger partial charge on any atom is -0.298 e. The largest absolute Gasteiger partial charge is 0.298 e. The Bertz CT molecular complexity index is 1110. The van der Waals surface area contributed by atoms with Crippen LogP contribution in [0, 0.1) is 0 Å². The molecular formula is C20H15ClN4O. The number of hydrogen-bond donors (Lipinski definition) is 0. The van der Waals surface area contributed by atoms with Gasteiger partial charge in [-0.3, -0.25) is 4.79 Å². The number of aromatic nitrogens is 4. The molecular weight excluding hydrogens is 348 g/mol. The summed E-state index contributed by atoms with van der Waals surface area (Å²) < 4.78 is 1.82. The molecule has 0 amide bonds. The third kappa shape index (κ3) is 2.66. The van der Waals surface area contributed by atoms with Crippen LogP contribution >= 0.6 is 11.6 Å². The molecule has 3 heterocycles. The van der Waals surface area contributed by atoms with Crippen LogP contribution in [-0.2, 0) is 6.54 Å². The van der Waals surface area contributed by atoms with E-state index in [0.717, 1.165) is 34.0 Å². The fraction of sp³-hybridized carbons (Fsp3) is 0.100. The van der Waals surface area contributed by atoms with Gasteiger partial charge < -0.3 is 0 Å². The predicted octanol–water partition coefficient (Wildman–Crippen LogP) is 4.65. The van der Waals surface area contributed by atoms with Crippen LogP contribution in [0.25, 0.3) is 33.4 Å². The second kappa shape index (κ2) is 6.69. The van der Waals surface area contributed by atoms with E-state index in [2.05, 4.69) is 10.1 Å². The first-order valence-corrected chi connectivity index (χ1v) is 8.62. The SMILES string of the molecule is CCn1ncc2c(-c3ccnc(Cl)c3)c(C=O)c(-c3ccccc3)nc21. The van der Waals surface area contributed by atoms with Gasteiger partial charge in [-0.1, -0.05) is 41.9 Å². The van der Waals surface area contributed by atoms with E-state index in [1.54, 1.807) is 18.5 Å². The molecule has 0 saturated carbocycles. The molecule has 3 aromatic heterocycles. The quantitative estimate of drug-likeness (QED) is 0.391. The van der Waals surface area contributed by atoms with E-state index in [1.807, 2.05) is 48.0 Å². The molecule has 4 rings (SSSR count). The van der Waals surface area contributed by atoms with Crippen molar-refractivity contribution in [2.45, 2.75) is 13.5 Å². The van der Waals surface area contributed by atoms with E-state index in [1.165, 1.54) is 0 Å². The second-order valence-electron chi connectivity index (χ2n) is 5.80. The van der Waals surface area contributed by atoms with E-state index in [4.69, 9.17) is 16.6 Å². The van der Waals surface area contributed by atoms with E-state index in [9.17, 15) is 4.79 Å². The lowest BCUT2D eigenvalue weighted by molar-refractivity contribution is 0.112. The predicted molar refractivity (Wildman–Crippen MR) is 102 cm³/mol. The van der Waals surface area contributed by atoms with Gasteiger partial charge in [0.05, 0.1) is 11.9 Å². The molecule has 4 aromatic rings. The third-order valence-corrected chi connectivity index (χ3v) is 4.51. The average Bonchev–Trinajstić information content (AvgIpc) is 3.09. The highest BCUT2D eigenvalue weighted by atomic mass is 35.5. The van der Waals surface area contributed by atoms with Gasteiger partial charge in [-0.25, -0.2) is 14.6 Å². The van der Waals surface area contributed by atoms with Gasteiger partial charge in [0.15, 0.2) is 11.9 Å². The van der Waals surface area contributed by atoms with Gasteiger partial charge in [-0.05, 0) is 24.6 Å². The Morgan fingerprint density at radius 2 is 1.96 bits per heavy atom. The lowest BCUT2D eigenvalue weighted by atomic mass is 9.95. The third-order valence-electron chi connectivity index (χ3n) is 4.30. The van der Waals surface area contributed by atoms with Crippen LogP contribution in [0.4, 0.5) is 0 Å². The monoisotopic (exact) mass is 362 g/mol. The van der Waals surface area contributed by atoms with E-state index >= 15 is 0 Å². The summed E-state index contributed by atoms with van der Waals surface area (Å²) >= 11 is 6.09. The van der Waals surface area contributed by atoms with Gasteiger partial charge in [0.1, 0.15) is 5.15 Å². The molecule has 1 aromatic carbocycles. The molecule has 0 bridgehead atoms. The molecule has 0 unspecified atom stereocenters. The number of pyridine rings is 2. The van der Waals surface area contributed by atoms with Crippen LogP contribution in [-0.4, -0.2) is 26.0 Å². The molecule has 0 aliphatic rings. The van der Waals surface area contributed by atoms with Crippen molar-refractivity contribution < 1.29 is 4.79 Å². The second-order valence-corrected chi connectivity index (χ2v) is 6.19. The molecule has 0 aliphatic carbocycles. The normalized spacial score (nSPS) is 11.0. The van der Waals surface area contributed by atoms with E-state index < -0.39 is 0 Å². The number of carbonyl (C=O) groups is 1. The average molecular weight is 363 g/mol. The number of nitrogens with zero attached hydrogens (tertiary/aromatic N) is 4. The number of benzene rings is 1. The summed E-state index contributed by atoms with van der Waals surface area (Å²) in [6.07, 6.45) is 4.23. The Morgan fingerprint density at radius 1 is 1.15 bits per heavy atom. The zero-order valence-corrected chi connectivity index (χ0v) is 14.8. The fourth-order valence-electron chi connectivity index (χ4n) is 3.13. The molecule has 0 radical (unpaired) electrons. The van der Waals surface area contributed by atoms with Crippen molar-refractivity contribution in [1.29, 1.82) is 0 Å². The highest BCUT2D eigenvalue weighted by Gasteiger charge is 2.20. The van der Waals surface area contributed by atoms with Gasteiger partial charge in [0.2, 0.25) is 0 Å². The Labute approximate surface area is 155 Å². The maximum atomic E-state index is 12.1. The lowest BCUT2D eigenvalue weighted by Crippen LogP contribution is -2.02. The van der Waals surface area contributed by atoms with Crippen molar-refractivity contribution in [2.75, 3.05) is 0 Å². The molecule has 0 aliphatic heterocycles. The number of aldehydes is 1. The van der Waals surface area contributed by atoms with Crippen LogP contribution < -0.4 is 0 Å². The number of hydrogen-bond acceptors (Lipinski definition) is 4. The van der Waals surface area contributed by atoms with E-state index in [0.29, 0.717) is 23.0 Å². The van der Waals surface area contributed by atoms with Crippen LogP contribution in [0.3, 0.4) is 0 Å². The standard InChI is InChI=1S/C20H15ClN4O/c1-2-25-20-15(11-23-25)18(14-8-9-22-17(21)10-14)16(12-26)19(24-20)13-6-4-3-5-7-13/h3-12H,2H2,1H3. The number of halogens is 1. The van der Waals surface area contributed by atoms with Crippen LogP contribution in [0.5, 0.6) is 0 Å². The molecule has 128 valence electrons. The Kier molecular flexibility index (Phi) is 4.22. The smallest absolute Gasteiger partial charge is 0.159 e. The minimum absolute atomic E-state index is 0.369. The fourth-order valence-corrected chi connectivity index (χ4v) is 3.31. The molecule has 0 fully saturated rings. The zero-order chi connectivity index (χ0) is 18.1. The topological polar surface area (TPSA) is 60.7 Å². The Hall–Kier alpha value is -3.05. The van der Waals surface area contributed by atoms with Gasteiger partial charge in [-0.2, -0.15) is 5.10 Å². The summed E-state index contributed by atoms with van der Waals surface area (Å²) in [5, 5.41) is 5.61. The first-order chi connectivity index (χ1) is 12.7. The van der Waals surface area contributed by atoms with Crippen LogP contribution in [0.2, 0.25) is 5.15 Å². The van der Waals surface area contributed by atoms with Crippen molar-refractivity contribution >= 4 is 28.9 Å². The maximum absolute atomic E-state index is 12.1. The van der Waals surface area contributed by atoms with Crippen LogP contribution in [0.15, 0.2) is 54.9 Å². The lowest BCUT2D eigenvalue weighted by Gasteiger charge is -2.13. The van der Waals surface area contributed by atoms with Gasteiger partial charge in [-0.15, -0.1) is 0 Å². The number of fused-ring (bicyclic) bond motifs is 1. The summed E-state index contributed by atoms with van der Waals surface area (Å²) in [5.74, 6) is 0. The minimum atomic E-state index is 0.369. The molecule has 6 heteroatoms. The maximum Gasteiger partial charge on any atom is 0.159 e. The summed E-state index contributed by atoms with van der Waals surface area (Å²) in [5.41, 5.74) is 4.34. The van der Waals surface area contributed by atoms with Crippen molar-refractivity contribution in [3.8, 4) is 22.4 Å². The van der Waals surface area contributed by atoms with Crippen molar-refractivity contribution in [3.63, 3.8) is 0 Å². The molecule has 0 atom stereocenters. The number of aryl methyl sites for hydroxylation is 1. The zero-order valence-electron chi connectivity index (χ0n) is 14.1. The molecule has 0 spiro atoms. The summed E-state index contributed by atoms with van der Waals surface area (Å²) in [6, 6.07) is 13.3. The number of carbonyl (C=O) groups excluding carboxylic acids is 1. The molecule has 5 nitrogen and oxygen atoms in total. The molecule has 0 N–H and O–H groups in total. The molecule has 0 saturated heterocycles. The van der Waals surface area contributed by atoms with Crippen molar-refractivity contribution in [1.82, 2.24) is 19.7 Å². The van der Waals surface area contributed by atoms with Gasteiger partial charge >= 0.3 is 0 Å². The summed E-state index contributed by atoms with van der Waals surface area (Å²) in [7, 11) is 0. The highest BCUT2D eigenvalue weighted by Crippen LogP contribution is 2.36. The van der Waals surface area contributed by atoms with Crippen LogP contribution in [0.1, 0.15) is 17.3 Å². The summed E-state index contributed by atoms with van der Waals surface area (Å²) in [6.45, 7) is 2.69. The van der Waals surface area contributed by atoms with E-state index in [-0.39, 0.29) is 0 Å². The molecule has 26 heavy (non-hydrogen) atoms.